The van der Waals surface area contributed by atoms with Crippen LogP contribution >= 0.6 is 0 Å². The highest BCUT2D eigenvalue weighted by molar-refractivity contribution is 6.29. The van der Waals surface area contributed by atoms with E-state index >= 15 is 0 Å². The molecular weight excluding hydrogens is 1060 g/mol. The van der Waals surface area contributed by atoms with E-state index in [2.05, 4.69) is 0 Å². The summed E-state index contributed by atoms with van der Waals surface area (Å²) in [4.78, 5) is 86.8. The molecule has 3 aliphatic heterocycles. The van der Waals surface area contributed by atoms with Crippen LogP contribution in [0, 0.1) is 5.92 Å². The molecule has 10 atom stereocenters. The molecule has 6 bridgehead atoms. The van der Waals surface area contributed by atoms with Gasteiger partial charge in [-0.25, -0.2) is 24.0 Å². The number of cyclic esters (lactones) is 1. The zero-order valence-corrected chi connectivity index (χ0v) is 38.3. The molecule has 17 N–H and O–H groups in total. The van der Waals surface area contributed by atoms with Gasteiger partial charge in [-0.3, -0.25) is 4.79 Å². The third-order valence-corrected chi connectivity index (χ3v) is 14.2. The second-order valence-corrected chi connectivity index (χ2v) is 18.4. The van der Waals surface area contributed by atoms with E-state index in [1.54, 1.807) is 0 Å². The van der Waals surface area contributed by atoms with Crippen molar-refractivity contribution in [2.24, 2.45) is 5.92 Å². The summed E-state index contributed by atoms with van der Waals surface area (Å²) in [6, 6.07) is 1.13. The molecule has 11 rings (SSSR count). The minimum atomic E-state index is -2.64. The summed E-state index contributed by atoms with van der Waals surface area (Å²) in [5.74, 6) is -30.2. The molecule has 5 aromatic carbocycles. The molecular formula is C48H34O30. The zero-order chi connectivity index (χ0) is 56.3. The van der Waals surface area contributed by atoms with Crippen LogP contribution < -0.4 is 11.3 Å². The molecule has 1 saturated carbocycles. The maximum absolute atomic E-state index is 15.0. The molecule has 2 fully saturated rings. The quantitative estimate of drug-likeness (QED) is 0.0306. The first kappa shape index (κ1) is 50.3. The molecule has 30 nitrogen and oxygen atoms in total. The number of phenolic OH excluding ortho intramolecular Hbond substituents is 13. The number of carbonyl (C=O) groups excluding carboxylic acids is 4. The monoisotopic (exact) mass is 1090 g/mol. The van der Waals surface area contributed by atoms with Crippen LogP contribution in [0.3, 0.4) is 0 Å². The number of hydrogen-bond acceptors (Lipinski definition) is 30. The number of aromatic hydroxyl groups is 13. The largest absolute Gasteiger partial charge is 0.504 e. The van der Waals surface area contributed by atoms with Crippen molar-refractivity contribution in [3.05, 3.63) is 61.3 Å². The van der Waals surface area contributed by atoms with Gasteiger partial charge in [-0.05, 0) is 24.6 Å². The van der Waals surface area contributed by atoms with Crippen molar-refractivity contribution in [3.63, 3.8) is 0 Å². The summed E-state index contributed by atoms with van der Waals surface area (Å²) in [6.07, 6.45) is -19.9. The van der Waals surface area contributed by atoms with Gasteiger partial charge in [0.2, 0.25) is 28.7 Å². The first-order chi connectivity index (χ1) is 36.8. The lowest BCUT2D eigenvalue weighted by Crippen LogP contribution is -2.63. The lowest BCUT2D eigenvalue weighted by Gasteiger charge is -2.45. The molecule has 6 unspecified atom stereocenters. The van der Waals surface area contributed by atoms with Crippen molar-refractivity contribution in [2.45, 2.75) is 61.4 Å². The fraction of sp³-hybridized carbons (Fsp3) is 0.250. The van der Waals surface area contributed by atoms with Crippen molar-refractivity contribution < 1.29 is 139 Å². The van der Waals surface area contributed by atoms with Crippen LogP contribution in [0.1, 0.15) is 49.0 Å². The third kappa shape index (κ3) is 6.80. The second-order valence-electron chi connectivity index (χ2n) is 18.4. The predicted molar refractivity (Wildman–Crippen MR) is 244 cm³/mol. The number of ether oxygens (including phenoxy) is 5. The smallest absolute Gasteiger partial charge is 0.345 e. The Kier molecular flexibility index (Phi) is 11.0. The van der Waals surface area contributed by atoms with Crippen molar-refractivity contribution in [3.8, 4) is 97.0 Å². The predicted octanol–water partition coefficient (Wildman–Crippen LogP) is -0.253. The molecule has 30 heteroatoms. The SMILES string of the molecule is O=C1OC[C@H]2OC(O)[C@@H]3OC(=O)C4CC(O)C(O)C(O)C4c4c(cc(O)c(O)c4O)C(=O)O[C@H]3[C@@H]2OC(=O)c2cc(O)c(O)c(O)c2-c2c(O)c(O)c3oc(=O)c4c(c(O)c(O)c5oc(=O)c2c3c54)-c2c1cc(O)c(O)c2O. The number of aliphatic hydroxyl groups excluding tert-OH is 4. The van der Waals surface area contributed by atoms with E-state index in [4.69, 9.17) is 32.5 Å². The van der Waals surface area contributed by atoms with Crippen LogP contribution in [0.5, 0.6) is 74.7 Å². The number of rotatable bonds is 0. The number of esters is 4. The van der Waals surface area contributed by atoms with Gasteiger partial charge in [0.05, 0.1) is 45.6 Å². The van der Waals surface area contributed by atoms with Crippen LogP contribution in [0.15, 0.2) is 36.6 Å². The molecule has 0 amide bonds. The van der Waals surface area contributed by atoms with Gasteiger partial charge in [0.25, 0.3) is 0 Å². The number of benzene rings is 5. The number of fused-ring (bicyclic) bond motifs is 10. The minimum Gasteiger partial charge on any atom is -0.504 e. The fourth-order valence-corrected chi connectivity index (χ4v) is 10.6. The third-order valence-electron chi connectivity index (χ3n) is 14.2. The van der Waals surface area contributed by atoms with E-state index in [1.807, 2.05) is 0 Å². The zero-order valence-electron chi connectivity index (χ0n) is 38.3. The molecule has 406 valence electrons. The number of hydrogen-bond donors (Lipinski definition) is 17. The van der Waals surface area contributed by atoms with Gasteiger partial charge in [0.15, 0.2) is 81.8 Å². The van der Waals surface area contributed by atoms with Gasteiger partial charge in [-0.2, -0.15) is 0 Å². The van der Waals surface area contributed by atoms with Crippen LogP contribution in [0.2, 0.25) is 0 Å². The Morgan fingerprint density at radius 2 is 0.885 bits per heavy atom. The van der Waals surface area contributed by atoms with Gasteiger partial charge in [-0.1, -0.05) is 0 Å². The highest BCUT2D eigenvalue weighted by Gasteiger charge is 2.57. The van der Waals surface area contributed by atoms with Crippen molar-refractivity contribution >= 4 is 56.6 Å². The van der Waals surface area contributed by atoms with E-state index < -0.39 is 261 Å². The number of aliphatic hydroxyl groups is 4. The molecule has 7 aromatic rings. The first-order valence-electron chi connectivity index (χ1n) is 22.5. The average Bonchev–Trinajstić information content (AvgIpc) is 3.49. The van der Waals surface area contributed by atoms with E-state index in [9.17, 15) is 116 Å². The van der Waals surface area contributed by atoms with Crippen LogP contribution in [-0.2, 0) is 28.5 Å². The van der Waals surface area contributed by atoms with Crippen molar-refractivity contribution in [1.29, 1.82) is 0 Å². The number of carbonyl (C=O) groups is 4. The van der Waals surface area contributed by atoms with Crippen molar-refractivity contribution in [2.75, 3.05) is 6.61 Å². The normalized spacial score (nSPS) is 25.3. The van der Waals surface area contributed by atoms with E-state index in [-0.39, 0.29) is 0 Å². The summed E-state index contributed by atoms with van der Waals surface area (Å²) in [5, 5.41) is 186. The van der Waals surface area contributed by atoms with E-state index in [1.165, 1.54) is 0 Å². The Morgan fingerprint density at radius 1 is 0.436 bits per heavy atom. The molecule has 78 heavy (non-hydrogen) atoms. The van der Waals surface area contributed by atoms with Gasteiger partial charge < -0.3 is 119 Å². The van der Waals surface area contributed by atoms with E-state index in [0.717, 1.165) is 0 Å². The molecule has 5 heterocycles. The standard InChI is InChI=1S/C48H34O30/c49-10-1-6-17(31(59)27(10)55)19-23-21-22-24(47(70)76-38(21)35(63)33(19)61)20(34(62)36(64)39(22)75-46(23)69)18-9(4-13(52)28(56)32(18)60)43(66)74-37-14(5-72-42(6)65)73-48(71)41-40(37)77-44(67)7-2-11(50)25(53)29(57)15(7)16-8(45(68)78-41)3-12(51)26(54)30(16)58/h1-2,4,8,12,14,16,26,30,37,40-41,48-64,71H,3,5H2/t8?,12?,14-,16?,26?,30?,37-,40+,41-,48?/m1/s1. The lowest BCUT2D eigenvalue weighted by molar-refractivity contribution is -0.291. The van der Waals surface area contributed by atoms with Crippen LogP contribution in [-0.4, -0.2) is 166 Å². The molecule has 1 saturated heterocycles. The van der Waals surface area contributed by atoms with Gasteiger partial charge >= 0.3 is 35.1 Å². The molecule has 1 aliphatic carbocycles. The maximum Gasteiger partial charge on any atom is 0.345 e. The second kappa shape index (κ2) is 17.1. The summed E-state index contributed by atoms with van der Waals surface area (Å²) >= 11 is 0. The van der Waals surface area contributed by atoms with Gasteiger partial charge in [-0.15, -0.1) is 0 Å². The average molecular weight is 1090 g/mol. The topological polar surface area (TPSA) is 519 Å². The molecule has 0 radical (unpaired) electrons. The van der Waals surface area contributed by atoms with Crippen LogP contribution in [0.25, 0.3) is 55.0 Å². The number of phenols is 13. The Labute approximate surface area is 426 Å². The Hall–Kier alpha value is -9.88. The van der Waals surface area contributed by atoms with Gasteiger partial charge in [0, 0.05) is 44.5 Å². The fourth-order valence-electron chi connectivity index (χ4n) is 10.6. The molecule has 0 spiro atoms. The Morgan fingerprint density at radius 3 is 1.41 bits per heavy atom. The summed E-state index contributed by atoms with van der Waals surface area (Å²) < 4.78 is 38.8. The molecule has 2 aromatic heterocycles. The van der Waals surface area contributed by atoms with Gasteiger partial charge in [0.1, 0.15) is 18.8 Å². The lowest BCUT2D eigenvalue weighted by atomic mass is 9.69. The van der Waals surface area contributed by atoms with Crippen LogP contribution in [0.4, 0.5) is 0 Å². The highest BCUT2D eigenvalue weighted by Crippen LogP contribution is 2.59. The minimum absolute atomic E-state index is 0.310. The maximum atomic E-state index is 15.0. The van der Waals surface area contributed by atoms with E-state index in [0.29, 0.717) is 18.2 Å². The Balaban J connectivity index is 1.21. The summed E-state index contributed by atoms with van der Waals surface area (Å²) in [6.45, 7) is -1.43. The first-order valence-corrected chi connectivity index (χ1v) is 22.5. The summed E-state index contributed by atoms with van der Waals surface area (Å²) in [5.41, 5.74) is -15.2. The van der Waals surface area contributed by atoms with Crippen molar-refractivity contribution in [1.82, 2.24) is 0 Å². The molecule has 4 aliphatic rings. The highest BCUT2D eigenvalue weighted by atomic mass is 16.7. The summed E-state index contributed by atoms with van der Waals surface area (Å²) in [7, 11) is 0. The Bertz CT molecular complexity index is 3990.